The summed E-state index contributed by atoms with van der Waals surface area (Å²) in [5, 5.41) is 6.26. The molecule has 4 heteroatoms. The van der Waals surface area contributed by atoms with Crippen LogP contribution in [-0.2, 0) is 0 Å². The molecular weight excluding hydrogens is 328 g/mol. The summed E-state index contributed by atoms with van der Waals surface area (Å²) in [5.41, 5.74) is 3.36. The standard InChI is InChI=1S/C17H19BrN2O/c1-3-11-19-16-9-5-4-7-13(16)17(21)20-15-10-6-8-14(18)12(15)2/h4-10,19H,3,11H2,1-2H3,(H,20,21). The molecule has 2 aromatic carbocycles. The van der Waals surface area contributed by atoms with E-state index in [-0.39, 0.29) is 5.91 Å². The fraction of sp³-hybridized carbons (Fsp3) is 0.235. The van der Waals surface area contributed by atoms with Crippen LogP contribution in [0.3, 0.4) is 0 Å². The predicted octanol–water partition coefficient (Wildman–Crippen LogP) is 4.83. The number of benzene rings is 2. The molecule has 21 heavy (non-hydrogen) atoms. The average molecular weight is 347 g/mol. The lowest BCUT2D eigenvalue weighted by Gasteiger charge is -2.13. The number of carbonyl (C=O) groups excluding carboxylic acids is 1. The summed E-state index contributed by atoms with van der Waals surface area (Å²) < 4.78 is 0.984. The molecule has 0 aromatic heterocycles. The molecule has 0 aliphatic rings. The van der Waals surface area contributed by atoms with Gasteiger partial charge in [0, 0.05) is 22.4 Å². The molecule has 0 saturated carbocycles. The molecule has 0 spiro atoms. The van der Waals surface area contributed by atoms with Crippen molar-refractivity contribution in [3.8, 4) is 0 Å². The molecule has 0 fully saturated rings. The SMILES string of the molecule is CCCNc1ccccc1C(=O)Nc1cccc(Br)c1C. The Morgan fingerprint density at radius 3 is 2.57 bits per heavy atom. The molecule has 1 amide bonds. The first-order valence-corrected chi connectivity index (χ1v) is 7.82. The Morgan fingerprint density at radius 2 is 1.81 bits per heavy atom. The van der Waals surface area contributed by atoms with Crippen molar-refractivity contribution in [2.45, 2.75) is 20.3 Å². The Balaban J connectivity index is 2.22. The van der Waals surface area contributed by atoms with Gasteiger partial charge in [0.05, 0.1) is 5.56 Å². The van der Waals surface area contributed by atoms with Crippen molar-refractivity contribution >= 4 is 33.2 Å². The van der Waals surface area contributed by atoms with Crippen molar-refractivity contribution < 1.29 is 4.79 Å². The van der Waals surface area contributed by atoms with Gasteiger partial charge in [-0.2, -0.15) is 0 Å². The molecule has 0 unspecified atom stereocenters. The second-order valence-corrected chi connectivity index (χ2v) is 5.69. The summed E-state index contributed by atoms with van der Waals surface area (Å²) in [6, 6.07) is 13.3. The van der Waals surface area contributed by atoms with Gasteiger partial charge in [-0.05, 0) is 43.2 Å². The topological polar surface area (TPSA) is 41.1 Å². The number of amides is 1. The summed E-state index contributed by atoms with van der Waals surface area (Å²) in [6.45, 7) is 4.92. The van der Waals surface area contributed by atoms with Crippen LogP contribution in [0.1, 0.15) is 29.3 Å². The molecular formula is C17H19BrN2O. The molecule has 0 saturated heterocycles. The van der Waals surface area contributed by atoms with Gasteiger partial charge in [-0.3, -0.25) is 4.79 Å². The maximum absolute atomic E-state index is 12.5. The van der Waals surface area contributed by atoms with E-state index < -0.39 is 0 Å². The van der Waals surface area contributed by atoms with Crippen LogP contribution in [0.25, 0.3) is 0 Å². The Hall–Kier alpha value is -1.81. The largest absolute Gasteiger partial charge is 0.384 e. The van der Waals surface area contributed by atoms with Crippen molar-refractivity contribution in [2.24, 2.45) is 0 Å². The number of nitrogens with one attached hydrogen (secondary N) is 2. The van der Waals surface area contributed by atoms with Crippen molar-refractivity contribution in [3.63, 3.8) is 0 Å². The van der Waals surface area contributed by atoms with Gasteiger partial charge < -0.3 is 10.6 Å². The van der Waals surface area contributed by atoms with Gasteiger partial charge in [0.25, 0.3) is 5.91 Å². The lowest BCUT2D eigenvalue weighted by molar-refractivity contribution is 0.102. The fourth-order valence-electron chi connectivity index (χ4n) is 2.03. The zero-order chi connectivity index (χ0) is 15.2. The monoisotopic (exact) mass is 346 g/mol. The van der Waals surface area contributed by atoms with E-state index in [0.29, 0.717) is 5.56 Å². The predicted molar refractivity (Wildman–Crippen MR) is 92.1 cm³/mol. The van der Waals surface area contributed by atoms with Gasteiger partial charge in [0.1, 0.15) is 0 Å². The second kappa shape index (κ2) is 7.27. The summed E-state index contributed by atoms with van der Waals surface area (Å²) in [5.74, 6) is -0.101. The van der Waals surface area contributed by atoms with Gasteiger partial charge in [0.2, 0.25) is 0 Å². The Kier molecular flexibility index (Phi) is 5.39. The minimum atomic E-state index is -0.101. The highest BCUT2D eigenvalue weighted by molar-refractivity contribution is 9.10. The van der Waals surface area contributed by atoms with Crippen LogP contribution in [-0.4, -0.2) is 12.5 Å². The molecule has 2 rings (SSSR count). The molecule has 0 radical (unpaired) electrons. The Bertz CT molecular complexity index is 640. The van der Waals surface area contributed by atoms with E-state index in [1.165, 1.54) is 0 Å². The average Bonchev–Trinajstić information content (AvgIpc) is 2.50. The molecule has 2 aromatic rings. The number of hydrogen-bond acceptors (Lipinski definition) is 2. The maximum atomic E-state index is 12.5. The van der Waals surface area contributed by atoms with Crippen molar-refractivity contribution in [3.05, 3.63) is 58.1 Å². The lowest BCUT2D eigenvalue weighted by atomic mass is 10.1. The zero-order valence-corrected chi connectivity index (χ0v) is 13.8. The van der Waals surface area contributed by atoms with Crippen LogP contribution < -0.4 is 10.6 Å². The highest BCUT2D eigenvalue weighted by Gasteiger charge is 2.12. The number of halogens is 1. The normalized spacial score (nSPS) is 10.2. The van der Waals surface area contributed by atoms with Crippen LogP contribution in [0, 0.1) is 6.92 Å². The molecule has 110 valence electrons. The molecule has 0 heterocycles. The fourth-order valence-corrected chi connectivity index (χ4v) is 2.39. The van der Waals surface area contributed by atoms with E-state index in [1.54, 1.807) is 0 Å². The van der Waals surface area contributed by atoms with E-state index in [0.717, 1.165) is 34.4 Å². The van der Waals surface area contributed by atoms with E-state index in [4.69, 9.17) is 0 Å². The lowest BCUT2D eigenvalue weighted by Crippen LogP contribution is -2.15. The molecule has 0 aliphatic heterocycles. The number of para-hydroxylation sites is 1. The van der Waals surface area contributed by atoms with Gasteiger partial charge in [0.15, 0.2) is 0 Å². The number of anilines is 2. The summed E-state index contributed by atoms with van der Waals surface area (Å²) in [7, 11) is 0. The van der Waals surface area contributed by atoms with Crippen LogP contribution in [0.2, 0.25) is 0 Å². The van der Waals surface area contributed by atoms with Gasteiger partial charge >= 0.3 is 0 Å². The van der Waals surface area contributed by atoms with Crippen molar-refractivity contribution in [1.82, 2.24) is 0 Å². The quantitative estimate of drug-likeness (QED) is 0.813. The third-order valence-electron chi connectivity index (χ3n) is 3.25. The smallest absolute Gasteiger partial charge is 0.257 e. The zero-order valence-electron chi connectivity index (χ0n) is 12.2. The number of rotatable bonds is 5. The maximum Gasteiger partial charge on any atom is 0.257 e. The van der Waals surface area contributed by atoms with Crippen LogP contribution in [0.5, 0.6) is 0 Å². The Labute approximate surface area is 133 Å². The minimum Gasteiger partial charge on any atom is -0.384 e. The van der Waals surface area contributed by atoms with Crippen molar-refractivity contribution in [2.75, 3.05) is 17.2 Å². The van der Waals surface area contributed by atoms with E-state index in [9.17, 15) is 4.79 Å². The molecule has 0 bridgehead atoms. The molecule has 0 atom stereocenters. The van der Waals surface area contributed by atoms with Crippen LogP contribution in [0.15, 0.2) is 46.9 Å². The molecule has 3 nitrogen and oxygen atoms in total. The number of carbonyl (C=O) groups is 1. The van der Waals surface area contributed by atoms with E-state index in [2.05, 4.69) is 33.5 Å². The third-order valence-corrected chi connectivity index (χ3v) is 4.11. The highest BCUT2D eigenvalue weighted by atomic mass is 79.9. The van der Waals surface area contributed by atoms with E-state index in [1.807, 2.05) is 49.4 Å². The minimum absolute atomic E-state index is 0.101. The summed E-state index contributed by atoms with van der Waals surface area (Å²) in [6.07, 6.45) is 1.01. The molecule has 0 aliphatic carbocycles. The second-order valence-electron chi connectivity index (χ2n) is 4.84. The van der Waals surface area contributed by atoms with Gasteiger partial charge in [-0.15, -0.1) is 0 Å². The van der Waals surface area contributed by atoms with Crippen LogP contribution >= 0.6 is 15.9 Å². The molecule has 2 N–H and O–H groups in total. The first-order chi connectivity index (χ1) is 10.1. The number of hydrogen-bond donors (Lipinski definition) is 2. The Morgan fingerprint density at radius 1 is 1.10 bits per heavy atom. The van der Waals surface area contributed by atoms with E-state index >= 15 is 0 Å². The summed E-state index contributed by atoms with van der Waals surface area (Å²) in [4.78, 5) is 12.5. The summed E-state index contributed by atoms with van der Waals surface area (Å²) >= 11 is 3.48. The highest BCUT2D eigenvalue weighted by Crippen LogP contribution is 2.25. The first kappa shape index (κ1) is 15.6. The third kappa shape index (κ3) is 3.85. The van der Waals surface area contributed by atoms with Crippen LogP contribution in [0.4, 0.5) is 11.4 Å². The van der Waals surface area contributed by atoms with Gasteiger partial charge in [-0.25, -0.2) is 0 Å². The first-order valence-electron chi connectivity index (χ1n) is 7.03. The van der Waals surface area contributed by atoms with Crippen molar-refractivity contribution in [1.29, 1.82) is 0 Å². The van der Waals surface area contributed by atoms with Gasteiger partial charge in [-0.1, -0.05) is 41.1 Å².